The fourth-order valence-corrected chi connectivity index (χ4v) is 4.60. The molecule has 6 heteroatoms. The summed E-state index contributed by atoms with van der Waals surface area (Å²) in [6.45, 7) is 0. The van der Waals surface area contributed by atoms with Crippen molar-refractivity contribution in [3.8, 4) is 0 Å². The maximum atomic E-state index is 12.3. The van der Waals surface area contributed by atoms with Crippen molar-refractivity contribution in [3.63, 3.8) is 0 Å². The number of hydrogen-bond donors (Lipinski definition) is 1. The average Bonchev–Trinajstić information content (AvgIpc) is 3.55. The third kappa shape index (κ3) is 3.49. The van der Waals surface area contributed by atoms with Crippen LogP contribution in [0.4, 0.5) is 5.82 Å². The second-order valence-electron chi connectivity index (χ2n) is 8.32. The molecule has 2 aromatic heterocycles. The summed E-state index contributed by atoms with van der Waals surface area (Å²) >= 11 is 0. The lowest BCUT2D eigenvalue weighted by molar-refractivity contribution is 0.301. The Hall–Kier alpha value is -2.24. The van der Waals surface area contributed by atoms with Gasteiger partial charge >= 0.3 is 0 Å². The molecule has 0 amide bonds. The molecular weight excluding hydrogens is 338 g/mol. The van der Waals surface area contributed by atoms with Crippen LogP contribution in [0.1, 0.15) is 80.3 Å². The van der Waals surface area contributed by atoms with Gasteiger partial charge < -0.3 is 5.32 Å². The Morgan fingerprint density at radius 1 is 0.963 bits per heavy atom. The van der Waals surface area contributed by atoms with Gasteiger partial charge in [-0.3, -0.25) is 4.79 Å². The number of nitrogens with one attached hydrogen (secondary N) is 1. The first-order valence-corrected chi connectivity index (χ1v) is 10.5. The summed E-state index contributed by atoms with van der Waals surface area (Å²) < 4.78 is 1.76. The minimum atomic E-state index is 0.0423. The Bertz CT molecular complexity index is 880. The number of anilines is 1. The molecule has 27 heavy (non-hydrogen) atoms. The molecule has 0 radical (unpaired) electrons. The van der Waals surface area contributed by atoms with Crippen LogP contribution in [0, 0.1) is 0 Å². The van der Waals surface area contributed by atoms with Gasteiger partial charge in [0, 0.05) is 29.3 Å². The summed E-state index contributed by atoms with van der Waals surface area (Å²) in [4.78, 5) is 21.3. The first kappa shape index (κ1) is 16.9. The van der Waals surface area contributed by atoms with Gasteiger partial charge in [-0.05, 0) is 70.3 Å². The highest BCUT2D eigenvalue weighted by Gasteiger charge is 2.28. The summed E-state index contributed by atoms with van der Waals surface area (Å²) in [7, 11) is 0. The Morgan fingerprint density at radius 2 is 1.78 bits per heavy atom. The zero-order valence-corrected chi connectivity index (χ0v) is 15.7. The monoisotopic (exact) mass is 365 g/mol. The lowest BCUT2D eigenvalue weighted by atomic mass is 9.90. The predicted octanol–water partition coefficient (Wildman–Crippen LogP) is 3.39. The van der Waals surface area contributed by atoms with E-state index in [0.717, 1.165) is 50.0 Å². The van der Waals surface area contributed by atoms with Gasteiger partial charge in [0.05, 0.1) is 11.7 Å². The van der Waals surface area contributed by atoms with Gasteiger partial charge in [-0.1, -0.05) is 0 Å². The Balaban J connectivity index is 1.26. The summed E-state index contributed by atoms with van der Waals surface area (Å²) in [5, 5.41) is 8.36. The van der Waals surface area contributed by atoms with Gasteiger partial charge in [0.15, 0.2) is 0 Å². The maximum Gasteiger partial charge on any atom is 0.267 e. The van der Waals surface area contributed by atoms with Gasteiger partial charge in [0.1, 0.15) is 12.1 Å². The highest BCUT2D eigenvalue weighted by atomic mass is 16.1. The summed E-state index contributed by atoms with van der Waals surface area (Å²) in [6, 6.07) is 4.28. The molecule has 0 bridgehead atoms. The molecule has 2 fully saturated rings. The van der Waals surface area contributed by atoms with Gasteiger partial charge in [-0.2, -0.15) is 5.10 Å². The van der Waals surface area contributed by atoms with E-state index in [9.17, 15) is 4.79 Å². The van der Waals surface area contributed by atoms with Crippen LogP contribution in [0.5, 0.6) is 0 Å². The largest absolute Gasteiger partial charge is 0.367 e. The van der Waals surface area contributed by atoms with Crippen molar-refractivity contribution in [2.45, 2.75) is 82.2 Å². The van der Waals surface area contributed by atoms with Crippen LogP contribution in [-0.2, 0) is 12.8 Å². The topological polar surface area (TPSA) is 72.7 Å². The molecule has 3 aliphatic carbocycles. The molecule has 2 heterocycles. The van der Waals surface area contributed by atoms with E-state index in [1.54, 1.807) is 17.1 Å². The van der Waals surface area contributed by atoms with Crippen LogP contribution in [0.25, 0.3) is 0 Å². The highest BCUT2D eigenvalue weighted by Crippen LogP contribution is 2.39. The SMILES string of the molecule is O=c1ccc(C2CC2)nn1C1CCC(Nc2ncnc3c2CCCC3)CC1. The lowest BCUT2D eigenvalue weighted by Crippen LogP contribution is -2.34. The molecule has 0 saturated heterocycles. The van der Waals surface area contributed by atoms with E-state index in [-0.39, 0.29) is 11.6 Å². The van der Waals surface area contributed by atoms with Crippen molar-refractivity contribution >= 4 is 5.82 Å². The van der Waals surface area contributed by atoms with E-state index in [4.69, 9.17) is 0 Å². The number of aromatic nitrogens is 4. The molecule has 6 nitrogen and oxygen atoms in total. The van der Waals surface area contributed by atoms with E-state index in [0.29, 0.717) is 12.0 Å². The van der Waals surface area contributed by atoms with Gasteiger partial charge in [0.2, 0.25) is 0 Å². The molecule has 0 spiro atoms. The predicted molar refractivity (Wildman–Crippen MR) is 104 cm³/mol. The number of fused-ring (bicyclic) bond motifs is 1. The van der Waals surface area contributed by atoms with Crippen molar-refractivity contribution in [3.05, 3.63) is 45.8 Å². The molecule has 2 aromatic rings. The van der Waals surface area contributed by atoms with E-state index in [1.807, 2.05) is 6.07 Å². The van der Waals surface area contributed by atoms with E-state index in [2.05, 4.69) is 20.4 Å². The van der Waals surface area contributed by atoms with E-state index < -0.39 is 0 Å². The zero-order valence-electron chi connectivity index (χ0n) is 15.7. The molecule has 0 aromatic carbocycles. The first-order chi connectivity index (χ1) is 13.3. The molecule has 0 aliphatic heterocycles. The van der Waals surface area contributed by atoms with Gasteiger partial charge in [-0.25, -0.2) is 14.6 Å². The van der Waals surface area contributed by atoms with Crippen LogP contribution in [0.15, 0.2) is 23.3 Å². The smallest absolute Gasteiger partial charge is 0.267 e. The number of aryl methyl sites for hydroxylation is 1. The number of hydrogen-bond acceptors (Lipinski definition) is 5. The van der Waals surface area contributed by atoms with Crippen LogP contribution >= 0.6 is 0 Å². The van der Waals surface area contributed by atoms with Crippen molar-refractivity contribution < 1.29 is 0 Å². The molecule has 1 N–H and O–H groups in total. The second kappa shape index (κ2) is 7.06. The van der Waals surface area contributed by atoms with E-state index >= 15 is 0 Å². The van der Waals surface area contributed by atoms with Crippen molar-refractivity contribution in [1.82, 2.24) is 19.7 Å². The minimum Gasteiger partial charge on any atom is -0.367 e. The molecule has 3 aliphatic rings. The quantitative estimate of drug-likeness (QED) is 0.899. The van der Waals surface area contributed by atoms with E-state index in [1.165, 1.54) is 36.9 Å². The first-order valence-electron chi connectivity index (χ1n) is 10.5. The highest BCUT2D eigenvalue weighted by molar-refractivity contribution is 5.47. The third-order valence-corrected chi connectivity index (χ3v) is 6.35. The Morgan fingerprint density at radius 3 is 2.59 bits per heavy atom. The molecular formula is C21H27N5O. The summed E-state index contributed by atoms with van der Waals surface area (Å²) in [5.41, 5.74) is 3.68. The minimum absolute atomic E-state index is 0.0423. The van der Waals surface area contributed by atoms with Crippen molar-refractivity contribution in [2.24, 2.45) is 0 Å². The standard InChI is InChI=1S/C21H27N5O/c27-20-12-11-18(14-5-6-14)25-26(20)16-9-7-15(8-10-16)24-21-17-3-1-2-4-19(17)22-13-23-21/h11-16H,1-10H2,(H,22,23,24). The van der Waals surface area contributed by atoms with Crippen LogP contribution in [-0.4, -0.2) is 25.8 Å². The van der Waals surface area contributed by atoms with Crippen molar-refractivity contribution in [2.75, 3.05) is 5.32 Å². The number of rotatable bonds is 4. The third-order valence-electron chi connectivity index (χ3n) is 6.35. The Kier molecular flexibility index (Phi) is 4.42. The summed E-state index contributed by atoms with van der Waals surface area (Å²) in [6.07, 6.45) is 12.8. The molecule has 142 valence electrons. The van der Waals surface area contributed by atoms with Crippen molar-refractivity contribution in [1.29, 1.82) is 0 Å². The fourth-order valence-electron chi connectivity index (χ4n) is 4.60. The van der Waals surface area contributed by atoms with Gasteiger partial charge in [0.25, 0.3) is 5.56 Å². The van der Waals surface area contributed by atoms with Crippen LogP contribution < -0.4 is 10.9 Å². The normalized spacial score (nSPS) is 25.0. The number of nitrogens with zero attached hydrogens (tertiary/aromatic N) is 4. The lowest BCUT2D eigenvalue weighted by Gasteiger charge is -2.31. The Labute approximate surface area is 159 Å². The molecule has 0 unspecified atom stereocenters. The van der Waals surface area contributed by atoms with Crippen LogP contribution in [0.3, 0.4) is 0 Å². The van der Waals surface area contributed by atoms with Crippen LogP contribution in [0.2, 0.25) is 0 Å². The van der Waals surface area contributed by atoms with Gasteiger partial charge in [-0.15, -0.1) is 0 Å². The molecule has 2 saturated carbocycles. The maximum absolute atomic E-state index is 12.3. The second-order valence-corrected chi connectivity index (χ2v) is 8.32. The average molecular weight is 365 g/mol. The fraction of sp³-hybridized carbons (Fsp3) is 0.619. The zero-order chi connectivity index (χ0) is 18.2. The molecule has 5 rings (SSSR count). The summed E-state index contributed by atoms with van der Waals surface area (Å²) in [5.74, 6) is 1.62. The molecule has 0 atom stereocenters.